The van der Waals surface area contributed by atoms with Gasteiger partial charge >= 0.3 is 0 Å². The predicted molar refractivity (Wildman–Crippen MR) is 97.0 cm³/mol. The molecule has 0 saturated heterocycles. The number of rotatable bonds is 4. The molecule has 5 aromatic rings. The Morgan fingerprint density at radius 1 is 0.852 bits per heavy atom. The molecule has 0 aliphatic carbocycles. The van der Waals surface area contributed by atoms with Crippen LogP contribution in [0.25, 0.3) is 28.4 Å². The van der Waals surface area contributed by atoms with Crippen molar-refractivity contribution in [1.29, 1.82) is 0 Å². The van der Waals surface area contributed by atoms with Crippen LogP contribution in [0.3, 0.4) is 0 Å². The van der Waals surface area contributed by atoms with Crippen molar-refractivity contribution in [2.24, 2.45) is 0 Å². The van der Waals surface area contributed by atoms with Gasteiger partial charge in [-0.1, -0.05) is 11.2 Å². The second-order valence-electron chi connectivity index (χ2n) is 5.63. The van der Waals surface area contributed by atoms with Crippen LogP contribution < -0.4 is 5.32 Å². The maximum Gasteiger partial charge on any atom is 0.227 e. The van der Waals surface area contributed by atoms with E-state index >= 15 is 0 Å². The van der Waals surface area contributed by atoms with E-state index in [0.29, 0.717) is 34.4 Å². The van der Waals surface area contributed by atoms with Crippen molar-refractivity contribution in [2.45, 2.75) is 0 Å². The number of pyridine rings is 1. The van der Waals surface area contributed by atoms with E-state index < -0.39 is 0 Å². The van der Waals surface area contributed by atoms with Crippen LogP contribution in [-0.4, -0.2) is 34.7 Å². The van der Waals surface area contributed by atoms with Gasteiger partial charge in [-0.2, -0.15) is 5.10 Å². The lowest BCUT2D eigenvalue weighted by Gasteiger charge is -2.05. The Kier molecular flexibility index (Phi) is 3.53. The fourth-order valence-corrected chi connectivity index (χ4v) is 2.66. The first-order chi connectivity index (χ1) is 13.4. The molecular weight excluding hydrogens is 344 g/mol. The van der Waals surface area contributed by atoms with E-state index in [1.165, 1.54) is 6.26 Å². The normalized spacial score (nSPS) is 11.0. The predicted octanol–water partition coefficient (Wildman–Crippen LogP) is 2.98. The van der Waals surface area contributed by atoms with Gasteiger partial charge in [0, 0.05) is 24.7 Å². The molecular formula is C18H12N8O. The lowest BCUT2D eigenvalue weighted by atomic mass is 10.2. The van der Waals surface area contributed by atoms with Gasteiger partial charge in [-0.3, -0.25) is 0 Å². The van der Waals surface area contributed by atoms with Crippen LogP contribution in [0.15, 0.2) is 72.0 Å². The third-order valence-corrected chi connectivity index (χ3v) is 3.89. The molecule has 0 saturated carbocycles. The number of fused-ring (bicyclic) bond motifs is 1. The molecule has 27 heavy (non-hydrogen) atoms. The standard InChI is InChI=1S/C18H12N8O/c1-3-12(22-13(4-1)15-6-10-27-25-15)14-5-8-20-18(23-14)24-16-11-21-26-9-2-7-19-17(16)26/h1-11H,(H,20,23,24). The number of nitrogens with zero attached hydrogens (tertiary/aromatic N) is 7. The minimum Gasteiger partial charge on any atom is -0.364 e. The molecule has 1 N–H and O–H groups in total. The van der Waals surface area contributed by atoms with E-state index in [9.17, 15) is 0 Å². The quantitative estimate of drug-likeness (QED) is 0.524. The molecule has 0 amide bonds. The van der Waals surface area contributed by atoms with E-state index in [-0.39, 0.29) is 0 Å². The first-order valence-corrected chi connectivity index (χ1v) is 8.13. The van der Waals surface area contributed by atoms with E-state index in [2.05, 4.69) is 35.5 Å². The summed E-state index contributed by atoms with van der Waals surface area (Å²) in [5, 5.41) is 11.3. The average molecular weight is 356 g/mol. The highest BCUT2D eigenvalue weighted by atomic mass is 16.5. The van der Waals surface area contributed by atoms with Crippen molar-refractivity contribution in [1.82, 2.24) is 34.7 Å². The van der Waals surface area contributed by atoms with Crippen LogP contribution in [0.4, 0.5) is 11.6 Å². The minimum atomic E-state index is 0.432. The molecule has 0 spiro atoms. The van der Waals surface area contributed by atoms with E-state index in [4.69, 9.17) is 4.52 Å². The molecule has 5 heterocycles. The Morgan fingerprint density at radius 2 is 1.74 bits per heavy atom. The Morgan fingerprint density at radius 3 is 2.63 bits per heavy atom. The van der Waals surface area contributed by atoms with Gasteiger partial charge in [0.05, 0.1) is 23.3 Å². The highest BCUT2D eigenvalue weighted by molar-refractivity contribution is 5.71. The van der Waals surface area contributed by atoms with Crippen molar-refractivity contribution in [3.8, 4) is 22.8 Å². The molecule has 5 rings (SSSR count). The summed E-state index contributed by atoms with van der Waals surface area (Å²) in [6, 6.07) is 11.0. The fraction of sp³-hybridized carbons (Fsp3) is 0. The monoisotopic (exact) mass is 356 g/mol. The van der Waals surface area contributed by atoms with Gasteiger partial charge in [0.1, 0.15) is 17.6 Å². The van der Waals surface area contributed by atoms with Crippen LogP contribution in [0.5, 0.6) is 0 Å². The number of anilines is 2. The van der Waals surface area contributed by atoms with Gasteiger partial charge in [0.15, 0.2) is 5.65 Å². The van der Waals surface area contributed by atoms with Crippen LogP contribution in [-0.2, 0) is 0 Å². The topological polar surface area (TPSA) is 107 Å². The summed E-state index contributed by atoms with van der Waals surface area (Å²) < 4.78 is 6.56. The zero-order valence-corrected chi connectivity index (χ0v) is 13.9. The molecule has 130 valence electrons. The molecule has 5 aromatic heterocycles. The first-order valence-electron chi connectivity index (χ1n) is 8.13. The molecule has 0 unspecified atom stereocenters. The summed E-state index contributed by atoms with van der Waals surface area (Å²) in [6.45, 7) is 0. The van der Waals surface area contributed by atoms with Gasteiger partial charge < -0.3 is 9.84 Å². The van der Waals surface area contributed by atoms with Crippen LogP contribution in [0.2, 0.25) is 0 Å². The Balaban J connectivity index is 1.48. The van der Waals surface area contributed by atoms with Crippen LogP contribution >= 0.6 is 0 Å². The molecule has 0 bridgehead atoms. The van der Waals surface area contributed by atoms with Gasteiger partial charge in [-0.15, -0.1) is 0 Å². The van der Waals surface area contributed by atoms with Crippen molar-refractivity contribution < 1.29 is 4.52 Å². The molecule has 0 aliphatic heterocycles. The third kappa shape index (κ3) is 2.86. The average Bonchev–Trinajstić information content (AvgIpc) is 3.39. The summed E-state index contributed by atoms with van der Waals surface area (Å²) in [7, 11) is 0. The smallest absolute Gasteiger partial charge is 0.227 e. The molecule has 0 aromatic carbocycles. The zero-order chi connectivity index (χ0) is 18.1. The number of hydrogen-bond acceptors (Lipinski definition) is 8. The van der Waals surface area contributed by atoms with Gasteiger partial charge in [0.25, 0.3) is 0 Å². The summed E-state index contributed by atoms with van der Waals surface area (Å²) in [4.78, 5) is 17.7. The van der Waals surface area contributed by atoms with Gasteiger partial charge in [0.2, 0.25) is 5.95 Å². The van der Waals surface area contributed by atoms with E-state index in [0.717, 1.165) is 5.69 Å². The second-order valence-corrected chi connectivity index (χ2v) is 5.63. The Bertz CT molecular complexity index is 1220. The second kappa shape index (κ2) is 6.30. The lowest BCUT2D eigenvalue weighted by Crippen LogP contribution is -1.99. The molecule has 9 heteroatoms. The Labute approximate surface area is 152 Å². The molecule has 0 fully saturated rings. The largest absolute Gasteiger partial charge is 0.364 e. The van der Waals surface area contributed by atoms with Crippen molar-refractivity contribution >= 4 is 17.3 Å². The van der Waals surface area contributed by atoms with Gasteiger partial charge in [-0.05, 0) is 24.3 Å². The summed E-state index contributed by atoms with van der Waals surface area (Å²) >= 11 is 0. The van der Waals surface area contributed by atoms with E-state index in [1.807, 2.05) is 30.5 Å². The molecule has 0 aliphatic rings. The van der Waals surface area contributed by atoms with Crippen LogP contribution in [0.1, 0.15) is 0 Å². The van der Waals surface area contributed by atoms with Crippen molar-refractivity contribution in [3.05, 3.63) is 67.4 Å². The summed E-state index contributed by atoms with van der Waals surface area (Å²) in [6.07, 6.45) is 8.40. The SMILES string of the molecule is c1cc(-c2ccon2)nc(-c2ccnc(Nc3cnn4cccnc34)n2)c1. The Hall–Kier alpha value is -4.14. The summed E-state index contributed by atoms with van der Waals surface area (Å²) in [5.41, 5.74) is 4.18. The van der Waals surface area contributed by atoms with Crippen LogP contribution in [0, 0.1) is 0 Å². The van der Waals surface area contributed by atoms with Crippen molar-refractivity contribution in [3.63, 3.8) is 0 Å². The number of aromatic nitrogens is 7. The molecule has 0 radical (unpaired) electrons. The number of nitrogens with one attached hydrogen (secondary N) is 1. The van der Waals surface area contributed by atoms with Gasteiger partial charge in [-0.25, -0.2) is 24.5 Å². The maximum atomic E-state index is 4.89. The highest BCUT2D eigenvalue weighted by Gasteiger charge is 2.10. The third-order valence-electron chi connectivity index (χ3n) is 3.89. The maximum absolute atomic E-state index is 4.89. The minimum absolute atomic E-state index is 0.432. The number of hydrogen-bond donors (Lipinski definition) is 1. The van der Waals surface area contributed by atoms with Crippen molar-refractivity contribution in [2.75, 3.05) is 5.32 Å². The lowest BCUT2D eigenvalue weighted by molar-refractivity contribution is 0.422. The summed E-state index contributed by atoms with van der Waals surface area (Å²) in [5.74, 6) is 0.432. The fourth-order valence-electron chi connectivity index (χ4n) is 2.66. The zero-order valence-electron chi connectivity index (χ0n) is 13.9. The van der Waals surface area contributed by atoms with E-state index in [1.54, 1.807) is 35.2 Å². The molecule has 9 nitrogen and oxygen atoms in total. The first kappa shape index (κ1) is 15.1. The molecule has 0 atom stereocenters. The highest BCUT2D eigenvalue weighted by Crippen LogP contribution is 2.22.